The van der Waals surface area contributed by atoms with Crippen molar-refractivity contribution in [1.82, 2.24) is 0 Å². The summed E-state index contributed by atoms with van der Waals surface area (Å²) in [7, 11) is -3.44. The third-order valence-electron chi connectivity index (χ3n) is 5.50. The molecular weight excluding hydrogens is 342 g/mol. The van der Waals surface area contributed by atoms with Crippen LogP contribution in [-0.2, 0) is 9.84 Å². The Kier molecular flexibility index (Phi) is 5.71. The zero-order valence-corrected chi connectivity index (χ0v) is 15.3. The Labute approximate surface area is 148 Å². The largest absolute Gasteiger partial charge is 0.330 e. The molecule has 138 valence electrons. The van der Waals surface area contributed by atoms with Gasteiger partial charge >= 0.3 is 0 Å². The Morgan fingerprint density at radius 2 is 1.56 bits per heavy atom. The summed E-state index contributed by atoms with van der Waals surface area (Å²) < 4.78 is 25.7. The minimum atomic E-state index is -3.44. The first-order chi connectivity index (χ1) is 12.0. The molecule has 2 heterocycles. The van der Waals surface area contributed by atoms with Crippen molar-refractivity contribution in [3.8, 4) is 0 Å². The van der Waals surface area contributed by atoms with Crippen molar-refractivity contribution >= 4 is 15.5 Å². The molecule has 0 radical (unpaired) electrons. The molecule has 0 aliphatic carbocycles. The second-order valence-electron chi connectivity index (χ2n) is 7.26. The van der Waals surface area contributed by atoms with Crippen LogP contribution < -0.4 is 9.80 Å². The smallest absolute Gasteiger partial charge is 0.269 e. The number of nitrogens with one attached hydrogen (secondary N) is 2. The number of likely N-dealkylation sites (tertiary alicyclic amines) is 2. The molecule has 2 N–H and O–H groups in total. The van der Waals surface area contributed by atoms with Crippen LogP contribution in [0.1, 0.15) is 25.7 Å². The highest BCUT2D eigenvalue weighted by Crippen LogP contribution is 2.17. The lowest BCUT2D eigenvalue weighted by molar-refractivity contribution is -0.963. The number of nitrogens with zero attached hydrogens (tertiary/aromatic N) is 1. The van der Waals surface area contributed by atoms with Gasteiger partial charge in [0, 0.05) is 37.8 Å². The van der Waals surface area contributed by atoms with Crippen LogP contribution in [0.25, 0.3) is 0 Å². The highest BCUT2D eigenvalue weighted by Gasteiger charge is 2.35. The van der Waals surface area contributed by atoms with Gasteiger partial charge in [0.1, 0.15) is 12.3 Å². The van der Waals surface area contributed by atoms with Gasteiger partial charge in [0.05, 0.1) is 36.0 Å². The second kappa shape index (κ2) is 7.80. The fourth-order valence-electron chi connectivity index (χ4n) is 4.12. The average molecular weight is 369 g/mol. The maximum absolute atomic E-state index is 12.9. The van der Waals surface area contributed by atoms with Gasteiger partial charge in [-0.2, -0.15) is 0 Å². The molecular formula is C17H27N3O4S+2. The first-order valence-corrected chi connectivity index (χ1v) is 10.8. The lowest BCUT2D eigenvalue weighted by Gasteiger charge is -2.26. The molecule has 1 unspecified atom stereocenters. The minimum Gasteiger partial charge on any atom is -0.330 e. The Morgan fingerprint density at radius 1 is 1.00 bits per heavy atom. The van der Waals surface area contributed by atoms with Crippen LogP contribution in [0, 0.1) is 10.1 Å². The van der Waals surface area contributed by atoms with Crippen molar-refractivity contribution in [3.63, 3.8) is 0 Å². The lowest BCUT2D eigenvalue weighted by atomic mass is 10.2. The maximum Gasteiger partial charge on any atom is 0.269 e. The molecule has 2 aliphatic rings. The number of nitro groups is 1. The van der Waals surface area contributed by atoms with Gasteiger partial charge in [-0.25, -0.2) is 8.42 Å². The van der Waals surface area contributed by atoms with Gasteiger partial charge < -0.3 is 9.80 Å². The zero-order chi connectivity index (χ0) is 17.9. The lowest BCUT2D eigenvalue weighted by Crippen LogP contribution is -3.22. The summed E-state index contributed by atoms with van der Waals surface area (Å²) in [6, 6.07) is 5.39. The predicted octanol–water partition coefficient (Wildman–Crippen LogP) is -0.905. The van der Waals surface area contributed by atoms with Crippen molar-refractivity contribution in [2.45, 2.75) is 36.6 Å². The van der Waals surface area contributed by atoms with E-state index >= 15 is 0 Å². The molecule has 0 bridgehead atoms. The number of nitro benzene ring substituents is 1. The third kappa shape index (κ3) is 4.56. The molecule has 0 saturated carbocycles. The second-order valence-corrected chi connectivity index (χ2v) is 9.29. The molecule has 1 atom stereocenters. The van der Waals surface area contributed by atoms with Crippen molar-refractivity contribution < 1.29 is 23.1 Å². The summed E-state index contributed by atoms with van der Waals surface area (Å²) in [4.78, 5) is 13.4. The monoisotopic (exact) mass is 369 g/mol. The van der Waals surface area contributed by atoms with E-state index in [-0.39, 0.29) is 22.4 Å². The van der Waals surface area contributed by atoms with Gasteiger partial charge in [0.15, 0.2) is 15.9 Å². The summed E-state index contributed by atoms with van der Waals surface area (Å²) in [5, 5.41) is 10.8. The van der Waals surface area contributed by atoms with Crippen LogP contribution in [0.2, 0.25) is 0 Å². The summed E-state index contributed by atoms with van der Waals surface area (Å²) in [6.45, 7) is 5.28. The Bertz CT molecular complexity index is 693. The molecule has 2 fully saturated rings. The topological polar surface area (TPSA) is 86.2 Å². The number of rotatable bonds is 7. The van der Waals surface area contributed by atoms with Crippen LogP contribution in [0.3, 0.4) is 0 Å². The SMILES string of the molecule is O=[N+]([O-])c1ccc(S(=O)(=O)CC(C[NH+]2CCCC2)[NH+]2CCCC2)cc1. The fraction of sp³-hybridized carbons (Fsp3) is 0.647. The molecule has 8 heteroatoms. The molecule has 2 aliphatic heterocycles. The number of sulfone groups is 1. The molecule has 0 spiro atoms. The van der Waals surface area contributed by atoms with E-state index in [0.717, 1.165) is 32.7 Å². The number of hydrogen-bond acceptors (Lipinski definition) is 4. The number of hydrogen-bond donors (Lipinski definition) is 2. The summed E-state index contributed by atoms with van der Waals surface area (Å²) >= 11 is 0. The molecule has 1 aromatic rings. The molecule has 25 heavy (non-hydrogen) atoms. The average Bonchev–Trinajstić information content (AvgIpc) is 3.28. The van der Waals surface area contributed by atoms with E-state index in [4.69, 9.17) is 0 Å². The van der Waals surface area contributed by atoms with Crippen molar-refractivity contribution in [1.29, 1.82) is 0 Å². The van der Waals surface area contributed by atoms with Crippen LogP contribution >= 0.6 is 0 Å². The standard InChI is InChI=1S/C17H25N3O4S/c21-20(22)15-5-7-17(8-6-15)25(23,24)14-16(19-11-3-4-12-19)13-18-9-1-2-10-18/h5-8,16H,1-4,9-14H2/p+2. The van der Waals surface area contributed by atoms with E-state index in [1.165, 1.54) is 59.7 Å². The number of quaternary nitrogens is 2. The van der Waals surface area contributed by atoms with E-state index in [1.54, 1.807) is 0 Å². The van der Waals surface area contributed by atoms with Crippen molar-refractivity contribution in [2.75, 3.05) is 38.5 Å². The van der Waals surface area contributed by atoms with Crippen molar-refractivity contribution in [3.05, 3.63) is 34.4 Å². The van der Waals surface area contributed by atoms with Gasteiger partial charge in [-0.05, 0) is 12.1 Å². The van der Waals surface area contributed by atoms with E-state index in [1.807, 2.05) is 0 Å². The van der Waals surface area contributed by atoms with E-state index in [9.17, 15) is 18.5 Å². The Hall–Kier alpha value is -1.51. The first-order valence-electron chi connectivity index (χ1n) is 9.11. The Morgan fingerprint density at radius 3 is 2.12 bits per heavy atom. The molecule has 2 saturated heterocycles. The number of benzene rings is 1. The molecule has 3 rings (SSSR count). The van der Waals surface area contributed by atoms with Gasteiger partial charge in [-0.15, -0.1) is 0 Å². The molecule has 0 amide bonds. The van der Waals surface area contributed by atoms with Crippen LogP contribution in [0.15, 0.2) is 29.2 Å². The van der Waals surface area contributed by atoms with Gasteiger partial charge in [-0.1, -0.05) is 0 Å². The van der Waals surface area contributed by atoms with Gasteiger partial charge in [0.2, 0.25) is 0 Å². The third-order valence-corrected chi connectivity index (χ3v) is 7.33. The fourth-order valence-corrected chi connectivity index (χ4v) is 5.75. The molecule has 7 nitrogen and oxygen atoms in total. The van der Waals surface area contributed by atoms with Crippen LogP contribution in [-0.4, -0.2) is 57.9 Å². The van der Waals surface area contributed by atoms with E-state index < -0.39 is 14.8 Å². The quantitative estimate of drug-likeness (QED) is 0.482. The highest BCUT2D eigenvalue weighted by molar-refractivity contribution is 7.91. The Balaban J connectivity index is 1.75. The first kappa shape index (κ1) is 18.3. The van der Waals surface area contributed by atoms with E-state index in [2.05, 4.69) is 0 Å². The summed E-state index contributed by atoms with van der Waals surface area (Å²) in [6.07, 6.45) is 4.79. The molecule has 0 aromatic heterocycles. The summed E-state index contributed by atoms with van der Waals surface area (Å²) in [5.74, 6) is 0.129. The number of non-ortho nitro benzene ring substituents is 1. The minimum absolute atomic E-state index is 0.0813. The van der Waals surface area contributed by atoms with Gasteiger partial charge in [-0.3, -0.25) is 10.1 Å². The highest BCUT2D eigenvalue weighted by atomic mass is 32.2. The summed E-state index contributed by atoms with van der Waals surface area (Å²) in [5.41, 5.74) is -0.0813. The normalized spacial score (nSPS) is 20.8. The van der Waals surface area contributed by atoms with Crippen LogP contribution in [0.4, 0.5) is 5.69 Å². The predicted molar refractivity (Wildman–Crippen MR) is 93.7 cm³/mol. The van der Waals surface area contributed by atoms with Gasteiger partial charge in [0.25, 0.3) is 5.69 Å². The molecule has 1 aromatic carbocycles. The van der Waals surface area contributed by atoms with Crippen molar-refractivity contribution in [2.24, 2.45) is 0 Å². The van der Waals surface area contributed by atoms with Crippen LogP contribution in [0.5, 0.6) is 0 Å². The zero-order valence-electron chi connectivity index (χ0n) is 14.4. The van der Waals surface area contributed by atoms with E-state index in [0.29, 0.717) is 0 Å². The maximum atomic E-state index is 12.9.